The molecule has 20 heavy (non-hydrogen) atoms. The van der Waals surface area contributed by atoms with Gasteiger partial charge in [-0.3, -0.25) is 4.79 Å². The fourth-order valence-electron chi connectivity index (χ4n) is 2.70. The highest BCUT2D eigenvalue weighted by atomic mass is 35.5. The van der Waals surface area contributed by atoms with Crippen LogP contribution in [-0.2, 0) is 4.79 Å². The summed E-state index contributed by atoms with van der Waals surface area (Å²) in [6.45, 7) is 0. The molecule has 1 saturated heterocycles. The number of aliphatic hydroxyl groups is 1. The van der Waals surface area contributed by atoms with E-state index in [2.05, 4.69) is 5.32 Å². The Kier molecular flexibility index (Phi) is 3.98. The molecule has 0 bridgehead atoms. The number of halogens is 1. The SMILES string of the molecule is O=C(NC1CC1c1cccc(Cl)c1)C1(O)CCSCC1. The smallest absolute Gasteiger partial charge is 0.252 e. The highest BCUT2D eigenvalue weighted by Crippen LogP contribution is 2.42. The van der Waals surface area contributed by atoms with E-state index in [1.165, 1.54) is 0 Å². The van der Waals surface area contributed by atoms with E-state index in [0.717, 1.165) is 28.5 Å². The van der Waals surface area contributed by atoms with Crippen molar-refractivity contribution in [1.29, 1.82) is 0 Å². The van der Waals surface area contributed by atoms with E-state index in [4.69, 9.17) is 11.6 Å². The van der Waals surface area contributed by atoms with Crippen LogP contribution in [0.5, 0.6) is 0 Å². The summed E-state index contributed by atoms with van der Waals surface area (Å²) in [6, 6.07) is 7.91. The Hall–Kier alpha value is -0.710. The molecule has 2 aliphatic rings. The summed E-state index contributed by atoms with van der Waals surface area (Å²) in [5.74, 6) is 1.84. The Bertz CT molecular complexity index is 516. The van der Waals surface area contributed by atoms with Crippen LogP contribution in [0.3, 0.4) is 0 Å². The van der Waals surface area contributed by atoms with E-state index in [-0.39, 0.29) is 11.9 Å². The summed E-state index contributed by atoms with van der Waals surface area (Å²) in [5, 5.41) is 14.1. The first-order chi connectivity index (χ1) is 9.58. The zero-order chi connectivity index (χ0) is 14.2. The van der Waals surface area contributed by atoms with E-state index >= 15 is 0 Å². The lowest BCUT2D eigenvalue weighted by molar-refractivity contribution is -0.140. The largest absolute Gasteiger partial charge is 0.380 e. The number of carbonyl (C=O) groups excluding carboxylic acids is 1. The van der Waals surface area contributed by atoms with E-state index in [9.17, 15) is 9.90 Å². The first kappa shape index (κ1) is 14.2. The molecule has 108 valence electrons. The molecule has 1 aliphatic heterocycles. The topological polar surface area (TPSA) is 49.3 Å². The Morgan fingerprint density at radius 3 is 2.85 bits per heavy atom. The van der Waals surface area contributed by atoms with Crippen LogP contribution in [0.2, 0.25) is 5.02 Å². The van der Waals surface area contributed by atoms with Gasteiger partial charge in [0.05, 0.1) is 0 Å². The van der Waals surface area contributed by atoms with Crippen molar-refractivity contribution in [2.45, 2.75) is 36.8 Å². The quantitative estimate of drug-likeness (QED) is 0.902. The average molecular weight is 312 g/mol. The molecule has 3 nitrogen and oxygen atoms in total. The first-order valence-corrected chi connectivity index (χ1v) is 8.48. The Balaban J connectivity index is 1.59. The minimum absolute atomic E-state index is 0.138. The van der Waals surface area contributed by atoms with Gasteiger partial charge in [-0.05, 0) is 48.5 Å². The lowest BCUT2D eigenvalue weighted by Crippen LogP contribution is -2.49. The summed E-state index contributed by atoms with van der Waals surface area (Å²) in [6.07, 6.45) is 2.03. The average Bonchev–Trinajstić information content (AvgIpc) is 3.19. The molecule has 0 aromatic heterocycles. The van der Waals surface area contributed by atoms with Crippen molar-refractivity contribution in [2.75, 3.05) is 11.5 Å². The Labute approximate surface area is 128 Å². The summed E-state index contributed by atoms with van der Waals surface area (Å²) in [5.41, 5.74) is 0.00110. The van der Waals surface area contributed by atoms with Gasteiger partial charge in [-0.2, -0.15) is 11.8 Å². The molecule has 3 rings (SSSR count). The number of hydrogen-bond acceptors (Lipinski definition) is 3. The van der Waals surface area contributed by atoms with Crippen molar-refractivity contribution in [3.8, 4) is 0 Å². The third kappa shape index (κ3) is 2.97. The van der Waals surface area contributed by atoms with Gasteiger partial charge in [-0.25, -0.2) is 0 Å². The van der Waals surface area contributed by atoms with Crippen molar-refractivity contribution < 1.29 is 9.90 Å². The third-order valence-electron chi connectivity index (χ3n) is 4.13. The molecule has 0 spiro atoms. The molecule has 1 heterocycles. The van der Waals surface area contributed by atoms with Gasteiger partial charge in [0, 0.05) is 17.0 Å². The molecule has 2 fully saturated rings. The highest BCUT2D eigenvalue weighted by Gasteiger charge is 2.44. The Morgan fingerprint density at radius 1 is 1.40 bits per heavy atom. The second-order valence-corrected chi connectivity index (χ2v) is 7.28. The van der Waals surface area contributed by atoms with Gasteiger partial charge in [0.2, 0.25) is 0 Å². The number of carbonyl (C=O) groups is 1. The fourth-order valence-corrected chi connectivity index (χ4v) is 4.07. The van der Waals surface area contributed by atoms with Crippen LogP contribution in [0.25, 0.3) is 0 Å². The molecule has 2 atom stereocenters. The van der Waals surface area contributed by atoms with Crippen LogP contribution >= 0.6 is 23.4 Å². The van der Waals surface area contributed by atoms with E-state index in [0.29, 0.717) is 18.8 Å². The van der Waals surface area contributed by atoms with Gasteiger partial charge in [0.15, 0.2) is 0 Å². The van der Waals surface area contributed by atoms with Crippen LogP contribution in [0.1, 0.15) is 30.7 Å². The van der Waals surface area contributed by atoms with E-state index < -0.39 is 5.60 Å². The van der Waals surface area contributed by atoms with Crippen molar-refractivity contribution >= 4 is 29.3 Å². The maximum atomic E-state index is 12.2. The zero-order valence-electron chi connectivity index (χ0n) is 11.1. The molecule has 1 amide bonds. The van der Waals surface area contributed by atoms with Gasteiger partial charge in [0.25, 0.3) is 5.91 Å². The summed E-state index contributed by atoms with van der Waals surface area (Å²) < 4.78 is 0. The van der Waals surface area contributed by atoms with Gasteiger partial charge in [0.1, 0.15) is 5.60 Å². The van der Waals surface area contributed by atoms with Gasteiger partial charge >= 0.3 is 0 Å². The highest BCUT2D eigenvalue weighted by molar-refractivity contribution is 7.99. The first-order valence-electron chi connectivity index (χ1n) is 6.95. The lowest BCUT2D eigenvalue weighted by Gasteiger charge is -2.30. The van der Waals surface area contributed by atoms with Crippen LogP contribution in [0, 0.1) is 0 Å². The van der Waals surface area contributed by atoms with Crippen molar-refractivity contribution in [3.63, 3.8) is 0 Å². The van der Waals surface area contributed by atoms with Crippen molar-refractivity contribution in [2.24, 2.45) is 0 Å². The van der Waals surface area contributed by atoms with Crippen LogP contribution < -0.4 is 5.32 Å². The minimum atomic E-state index is -1.16. The second-order valence-electron chi connectivity index (χ2n) is 5.62. The molecule has 5 heteroatoms. The van der Waals surface area contributed by atoms with E-state index in [1.807, 2.05) is 24.3 Å². The molecule has 2 unspecified atom stereocenters. The van der Waals surface area contributed by atoms with Crippen LogP contribution in [0.15, 0.2) is 24.3 Å². The maximum absolute atomic E-state index is 12.2. The summed E-state index contributed by atoms with van der Waals surface area (Å²) in [4.78, 5) is 12.2. The van der Waals surface area contributed by atoms with Gasteiger partial charge in [-0.15, -0.1) is 0 Å². The second kappa shape index (κ2) is 5.58. The van der Waals surface area contributed by atoms with Crippen molar-refractivity contribution in [1.82, 2.24) is 5.32 Å². The van der Waals surface area contributed by atoms with Gasteiger partial charge < -0.3 is 10.4 Å². The number of benzene rings is 1. The normalized spacial score (nSPS) is 27.9. The number of rotatable bonds is 3. The minimum Gasteiger partial charge on any atom is -0.380 e. The predicted octanol–water partition coefficient (Wildman–Crippen LogP) is 2.57. The molecule has 2 N–H and O–H groups in total. The summed E-state index contributed by atoms with van der Waals surface area (Å²) >= 11 is 7.78. The molecule has 1 saturated carbocycles. The van der Waals surface area contributed by atoms with Crippen LogP contribution in [-0.4, -0.2) is 34.2 Å². The number of hydrogen-bond donors (Lipinski definition) is 2. The zero-order valence-corrected chi connectivity index (χ0v) is 12.7. The molecule has 1 aromatic rings. The molecule has 1 aliphatic carbocycles. The molecule has 0 radical (unpaired) electrons. The molecular weight excluding hydrogens is 294 g/mol. The monoisotopic (exact) mass is 311 g/mol. The summed E-state index contributed by atoms with van der Waals surface area (Å²) in [7, 11) is 0. The van der Waals surface area contributed by atoms with Crippen molar-refractivity contribution in [3.05, 3.63) is 34.9 Å². The maximum Gasteiger partial charge on any atom is 0.252 e. The number of thioether (sulfide) groups is 1. The number of nitrogens with one attached hydrogen (secondary N) is 1. The van der Waals surface area contributed by atoms with Gasteiger partial charge in [-0.1, -0.05) is 23.7 Å². The van der Waals surface area contributed by atoms with E-state index in [1.54, 1.807) is 11.8 Å². The number of amides is 1. The molecule has 1 aromatic carbocycles. The molecular formula is C15H18ClNO2S. The predicted molar refractivity (Wildman–Crippen MR) is 82.2 cm³/mol. The standard InChI is InChI=1S/C15H18ClNO2S/c16-11-3-1-2-10(8-11)12-9-13(12)17-14(18)15(19)4-6-20-7-5-15/h1-3,8,12-13,19H,4-7,9H2,(H,17,18). The third-order valence-corrected chi connectivity index (χ3v) is 5.35. The van der Waals surface area contributed by atoms with Crippen LogP contribution in [0.4, 0.5) is 0 Å². The lowest BCUT2D eigenvalue weighted by atomic mass is 9.95. The fraction of sp³-hybridized carbons (Fsp3) is 0.533. The Morgan fingerprint density at radius 2 is 2.15 bits per heavy atom.